The number of fused-ring (bicyclic) bond motifs is 2. The quantitative estimate of drug-likeness (QED) is 0.753. The van der Waals surface area contributed by atoms with E-state index in [0.29, 0.717) is 30.0 Å². The molecule has 148 valence electrons. The molecule has 0 radical (unpaired) electrons. The molecule has 2 aliphatic carbocycles. The summed E-state index contributed by atoms with van der Waals surface area (Å²) in [6.07, 6.45) is 7.42. The van der Waals surface area contributed by atoms with E-state index in [1.54, 1.807) is 6.20 Å². The number of carbonyl (C=O) groups is 1. The molecule has 4 rings (SSSR count). The Bertz CT molecular complexity index is 840. The summed E-state index contributed by atoms with van der Waals surface area (Å²) in [7, 11) is 0. The molecule has 0 aliphatic heterocycles. The number of aromatic nitrogens is 3. The molecule has 0 aromatic carbocycles. The van der Waals surface area contributed by atoms with Crippen molar-refractivity contribution in [2.24, 2.45) is 17.8 Å². The van der Waals surface area contributed by atoms with Gasteiger partial charge in [-0.15, -0.1) is 10.2 Å². The first-order valence-electron chi connectivity index (χ1n) is 10.4. The van der Waals surface area contributed by atoms with E-state index < -0.39 is 0 Å². The fraction of sp³-hybridized carbons (Fsp3) is 0.545. The van der Waals surface area contributed by atoms with Crippen molar-refractivity contribution in [2.45, 2.75) is 45.4 Å². The van der Waals surface area contributed by atoms with Gasteiger partial charge in [0.1, 0.15) is 5.69 Å². The molecule has 28 heavy (non-hydrogen) atoms. The van der Waals surface area contributed by atoms with Crippen LogP contribution in [0.3, 0.4) is 0 Å². The highest BCUT2D eigenvalue weighted by atomic mass is 16.3. The molecule has 1 fully saturated rings. The molecule has 0 spiro atoms. The predicted octanol–water partition coefficient (Wildman–Crippen LogP) is 2.80. The maximum atomic E-state index is 12.8. The van der Waals surface area contributed by atoms with Crippen molar-refractivity contribution >= 4 is 5.91 Å². The Hall–Kier alpha value is -2.34. The number of hydrogen-bond acceptors (Lipinski definition) is 5. The van der Waals surface area contributed by atoms with Crippen LogP contribution in [0.4, 0.5) is 0 Å². The second-order valence-corrected chi connectivity index (χ2v) is 7.93. The highest BCUT2D eigenvalue weighted by molar-refractivity contribution is 5.94. The summed E-state index contributed by atoms with van der Waals surface area (Å²) in [5.74, 6) is 1.44. The third-order valence-corrected chi connectivity index (χ3v) is 6.30. The Morgan fingerprint density at radius 2 is 1.96 bits per heavy atom. The molecule has 2 N–H and O–H groups in total. The Kier molecular flexibility index (Phi) is 5.67. The number of nitrogens with one attached hydrogen (secondary N) is 1. The zero-order valence-electron chi connectivity index (χ0n) is 16.4. The van der Waals surface area contributed by atoms with Gasteiger partial charge in [-0.25, -0.2) is 0 Å². The fourth-order valence-corrected chi connectivity index (χ4v) is 4.67. The molecule has 2 aliphatic rings. The molecule has 2 aromatic heterocycles. The molecule has 3 atom stereocenters. The maximum Gasteiger partial charge on any atom is 0.272 e. The minimum atomic E-state index is -0.128. The van der Waals surface area contributed by atoms with E-state index in [1.807, 2.05) is 18.2 Å². The van der Waals surface area contributed by atoms with Gasteiger partial charge in [0.15, 0.2) is 5.69 Å². The van der Waals surface area contributed by atoms with Crippen LogP contribution in [0.5, 0.6) is 0 Å². The van der Waals surface area contributed by atoms with Gasteiger partial charge in [-0.05, 0) is 73.1 Å². The summed E-state index contributed by atoms with van der Waals surface area (Å²) in [4.78, 5) is 17.2. The number of carbonyl (C=O) groups excluding carboxylic acids is 1. The first-order valence-corrected chi connectivity index (χ1v) is 10.4. The second-order valence-electron chi connectivity index (χ2n) is 7.93. The zero-order valence-corrected chi connectivity index (χ0v) is 16.4. The highest BCUT2D eigenvalue weighted by Gasteiger charge is 2.49. The minimum Gasteiger partial charge on any atom is -0.396 e. The molecule has 0 bridgehead atoms. The van der Waals surface area contributed by atoms with Gasteiger partial charge >= 0.3 is 0 Å². The Labute approximate surface area is 165 Å². The SMILES string of the molecule is CCCCNC(=O)c1nnc(-c2ccccn2)c2c1CC[C@H]1[C@@H](CO)[C@H]1CC2. The van der Waals surface area contributed by atoms with Gasteiger partial charge in [-0.3, -0.25) is 9.78 Å². The van der Waals surface area contributed by atoms with Crippen molar-refractivity contribution in [1.82, 2.24) is 20.5 Å². The molecule has 0 unspecified atom stereocenters. The van der Waals surface area contributed by atoms with E-state index >= 15 is 0 Å². The van der Waals surface area contributed by atoms with Gasteiger partial charge in [-0.2, -0.15) is 0 Å². The normalized spacial score (nSPS) is 23.1. The van der Waals surface area contributed by atoms with Crippen molar-refractivity contribution in [3.63, 3.8) is 0 Å². The summed E-state index contributed by atoms with van der Waals surface area (Å²) < 4.78 is 0. The number of unbranched alkanes of at least 4 members (excludes halogenated alkanes) is 1. The van der Waals surface area contributed by atoms with Gasteiger partial charge in [0.25, 0.3) is 5.91 Å². The third-order valence-electron chi connectivity index (χ3n) is 6.30. The molecule has 6 heteroatoms. The topological polar surface area (TPSA) is 88.0 Å². The van der Waals surface area contributed by atoms with Crippen LogP contribution >= 0.6 is 0 Å². The van der Waals surface area contributed by atoms with Crippen molar-refractivity contribution < 1.29 is 9.90 Å². The maximum absolute atomic E-state index is 12.8. The molecular formula is C22H28N4O2. The summed E-state index contributed by atoms with van der Waals surface area (Å²) in [5, 5.41) is 21.4. The lowest BCUT2D eigenvalue weighted by Crippen LogP contribution is -2.28. The Morgan fingerprint density at radius 1 is 1.18 bits per heavy atom. The Balaban J connectivity index is 1.70. The molecule has 6 nitrogen and oxygen atoms in total. The van der Waals surface area contributed by atoms with Gasteiger partial charge in [0.05, 0.1) is 5.69 Å². The van der Waals surface area contributed by atoms with E-state index in [2.05, 4.69) is 27.4 Å². The summed E-state index contributed by atoms with van der Waals surface area (Å²) in [6, 6.07) is 5.78. The van der Waals surface area contributed by atoms with Gasteiger partial charge in [0.2, 0.25) is 0 Å². The van der Waals surface area contributed by atoms with Crippen LogP contribution in [0.25, 0.3) is 11.4 Å². The van der Waals surface area contributed by atoms with Crippen LogP contribution in [0.1, 0.15) is 54.2 Å². The summed E-state index contributed by atoms with van der Waals surface area (Å²) in [6.45, 7) is 3.03. The molecule has 2 heterocycles. The molecule has 1 amide bonds. The first kappa shape index (κ1) is 19.0. The van der Waals surface area contributed by atoms with Crippen LogP contribution < -0.4 is 5.32 Å². The van der Waals surface area contributed by atoms with E-state index in [0.717, 1.165) is 61.0 Å². The van der Waals surface area contributed by atoms with Gasteiger partial charge in [-0.1, -0.05) is 19.4 Å². The zero-order chi connectivity index (χ0) is 19.5. The third kappa shape index (κ3) is 3.65. The monoisotopic (exact) mass is 380 g/mol. The number of amides is 1. The van der Waals surface area contributed by atoms with Crippen LogP contribution in [0, 0.1) is 17.8 Å². The fourth-order valence-electron chi connectivity index (χ4n) is 4.67. The van der Waals surface area contributed by atoms with E-state index in [-0.39, 0.29) is 12.5 Å². The number of rotatable bonds is 6. The second kappa shape index (κ2) is 8.35. The van der Waals surface area contributed by atoms with Crippen LogP contribution in [-0.2, 0) is 12.8 Å². The first-order chi connectivity index (χ1) is 13.7. The van der Waals surface area contributed by atoms with Crippen LogP contribution in [-0.4, -0.2) is 39.3 Å². The van der Waals surface area contributed by atoms with Crippen molar-refractivity contribution in [3.05, 3.63) is 41.2 Å². The standard InChI is InChI=1S/C22H28N4O2/c1-2-3-11-24-22(28)21-17-10-8-15-14(18(15)13-27)7-9-16(17)20(25-26-21)19-6-4-5-12-23-19/h4-6,12,14-15,18,27H,2-3,7-11,13H2,1H3,(H,24,28)/t14-,15+,18-/m0/s1. The average Bonchev–Trinajstić information content (AvgIpc) is 3.39. The highest BCUT2D eigenvalue weighted by Crippen LogP contribution is 2.53. The van der Waals surface area contributed by atoms with Crippen molar-refractivity contribution in [1.29, 1.82) is 0 Å². The van der Waals surface area contributed by atoms with Crippen molar-refractivity contribution in [2.75, 3.05) is 13.2 Å². The van der Waals surface area contributed by atoms with Crippen LogP contribution in [0.15, 0.2) is 24.4 Å². The van der Waals surface area contributed by atoms with Gasteiger partial charge in [0, 0.05) is 19.3 Å². The smallest absolute Gasteiger partial charge is 0.272 e. The lowest BCUT2D eigenvalue weighted by Gasteiger charge is -2.18. The van der Waals surface area contributed by atoms with E-state index in [1.165, 1.54) is 0 Å². The molecule has 1 saturated carbocycles. The number of pyridine rings is 1. The lowest BCUT2D eigenvalue weighted by molar-refractivity contribution is 0.0945. The number of hydrogen-bond donors (Lipinski definition) is 2. The molecular weight excluding hydrogens is 352 g/mol. The lowest BCUT2D eigenvalue weighted by atomic mass is 9.90. The molecule has 2 aromatic rings. The van der Waals surface area contributed by atoms with Gasteiger partial charge < -0.3 is 10.4 Å². The van der Waals surface area contributed by atoms with Crippen molar-refractivity contribution in [3.8, 4) is 11.4 Å². The number of aliphatic hydroxyl groups is 1. The van der Waals surface area contributed by atoms with E-state index in [4.69, 9.17) is 0 Å². The largest absolute Gasteiger partial charge is 0.396 e. The van der Waals surface area contributed by atoms with Crippen LogP contribution in [0.2, 0.25) is 0 Å². The minimum absolute atomic E-state index is 0.128. The Morgan fingerprint density at radius 3 is 2.64 bits per heavy atom. The summed E-state index contributed by atoms with van der Waals surface area (Å²) >= 11 is 0. The predicted molar refractivity (Wildman–Crippen MR) is 107 cm³/mol. The number of aliphatic hydroxyl groups excluding tert-OH is 1. The average molecular weight is 380 g/mol. The van der Waals surface area contributed by atoms with E-state index in [9.17, 15) is 9.90 Å². The summed E-state index contributed by atoms with van der Waals surface area (Å²) in [5.41, 5.74) is 4.18. The molecule has 0 saturated heterocycles. The number of nitrogens with zero attached hydrogens (tertiary/aromatic N) is 3.